The van der Waals surface area contributed by atoms with E-state index in [2.05, 4.69) is 9.97 Å². The van der Waals surface area contributed by atoms with Crippen molar-refractivity contribution in [3.8, 4) is 0 Å². The van der Waals surface area contributed by atoms with E-state index in [1.54, 1.807) is 18.2 Å². The van der Waals surface area contributed by atoms with Crippen LogP contribution < -0.4 is 11.1 Å². The third-order valence-corrected chi connectivity index (χ3v) is 3.48. The van der Waals surface area contributed by atoms with E-state index in [1.807, 2.05) is 0 Å². The lowest BCUT2D eigenvalue weighted by Crippen LogP contribution is -2.30. The third-order valence-electron chi connectivity index (χ3n) is 3.48. The zero-order chi connectivity index (χ0) is 14.1. The Kier molecular flexibility index (Phi) is 3.23. The van der Waals surface area contributed by atoms with Crippen LogP contribution in [0.2, 0.25) is 0 Å². The van der Waals surface area contributed by atoms with Gasteiger partial charge in [0.1, 0.15) is 6.10 Å². The number of hydrogen-bond acceptors (Lipinski definition) is 4. The molecule has 6 nitrogen and oxygen atoms in total. The standard InChI is InChI=1S/C14H14N2O4/c17-12(11-3-1-2-6-20-11)8-4-5-9-10(7-8)16-14(19)13(18)15-9/h4-5,7,11H,1-3,6H2,(H,15,18)(H,16,19). The van der Waals surface area contributed by atoms with E-state index in [9.17, 15) is 14.4 Å². The molecule has 2 heterocycles. The molecule has 6 heteroatoms. The Morgan fingerprint density at radius 3 is 2.55 bits per heavy atom. The van der Waals surface area contributed by atoms with Gasteiger partial charge in [0.05, 0.1) is 11.0 Å². The maximum Gasteiger partial charge on any atom is 0.314 e. The second-order valence-corrected chi connectivity index (χ2v) is 4.89. The summed E-state index contributed by atoms with van der Waals surface area (Å²) in [7, 11) is 0. The molecule has 1 aromatic heterocycles. The number of ether oxygens (including phenoxy) is 1. The van der Waals surface area contributed by atoms with Crippen molar-refractivity contribution in [2.24, 2.45) is 0 Å². The molecule has 1 aliphatic heterocycles. The minimum absolute atomic E-state index is 0.0846. The highest BCUT2D eigenvalue weighted by molar-refractivity contribution is 6.01. The number of hydrogen-bond donors (Lipinski definition) is 2. The van der Waals surface area contributed by atoms with Crippen molar-refractivity contribution in [1.82, 2.24) is 9.97 Å². The van der Waals surface area contributed by atoms with E-state index in [0.29, 0.717) is 23.2 Å². The van der Waals surface area contributed by atoms with Gasteiger partial charge in [0.25, 0.3) is 0 Å². The summed E-state index contributed by atoms with van der Waals surface area (Å²) in [5.74, 6) is -0.0846. The second kappa shape index (κ2) is 5.05. The molecule has 2 N–H and O–H groups in total. The third kappa shape index (κ3) is 2.30. The number of Topliss-reactive ketones (excluding diaryl/α,β-unsaturated/α-hetero) is 1. The molecule has 0 aliphatic carbocycles. The van der Waals surface area contributed by atoms with E-state index in [-0.39, 0.29) is 5.78 Å². The maximum absolute atomic E-state index is 12.3. The molecular formula is C14H14N2O4. The van der Waals surface area contributed by atoms with Crippen LogP contribution in [-0.2, 0) is 4.74 Å². The first-order valence-electron chi connectivity index (χ1n) is 6.57. The Bertz CT molecular complexity index is 769. The minimum atomic E-state index is -0.726. The molecule has 2 aromatic rings. The number of aromatic amines is 2. The molecule has 104 valence electrons. The zero-order valence-electron chi connectivity index (χ0n) is 10.8. The zero-order valence-corrected chi connectivity index (χ0v) is 10.8. The smallest absolute Gasteiger partial charge is 0.314 e. The molecule has 1 unspecified atom stereocenters. The van der Waals surface area contributed by atoms with E-state index < -0.39 is 17.2 Å². The molecule has 1 aromatic carbocycles. The summed E-state index contributed by atoms with van der Waals surface area (Å²) < 4.78 is 5.47. The Balaban J connectivity index is 1.99. The average Bonchev–Trinajstić information content (AvgIpc) is 2.48. The van der Waals surface area contributed by atoms with Crippen LogP contribution in [0.25, 0.3) is 11.0 Å². The molecule has 0 bridgehead atoms. The molecule has 3 rings (SSSR count). The number of carbonyl (C=O) groups excluding carboxylic acids is 1. The minimum Gasteiger partial charge on any atom is -0.370 e. The summed E-state index contributed by atoms with van der Waals surface area (Å²) in [6, 6.07) is 4.83. The highest BCUT2D eigenvalue weighted by Gasteiger charge is 2.23. The fourth-order valence-corrected chi connectivity index (χ4v) is 2.40. The van der Waals surface area contributed by atoms with Gasteiger partial charge in [0.15, 0.2) is 5.78 Å². The van der Waals surface area contributed by atoms with Crippen molar-refractivity contribution < 1.29 is 9.53 Å². The number of fused-ring (bicyclic) bond motifs is 1. The van der Waals surface area contributed by atoms with Crippen molar-refractivity contribution >= 4 is 16.8 Å². The molecule has 0 spiro atoms. The van der Waals surface area contributed by atoms with Gasteiger partial charge in [-0.1, -0.05) is 0 Å². The number of benzene rings is 1. The van der Waals surface area contributed by atoms with Crippen LogP contribution in [0.1, 0.15) is 29.6 Å². The van der Waals surface area contributed by atoms with Gasteiger partial charge in [-0.3, -0.25) is 14.4 Å². The Morgan fingerprint density at radius 1 is 1.10 bits per heavy atom. The average molecular weight is 274 g/mol. The SMILES string of the molecule is O=C(c1ccc2[nH]c(=O)c(=O)[nH]c2c1)C1CCCCO1. The predicted octanol–water partition coefficient (Wildman–Crippen LogP) is 0.968. The number of H-pyrrole nitrogens is 2. The summed E-state index contributed by atoms with van der Waals surface area (Å²) in [6.07, 6.45) is 2.28. The normalized spacial score (nSPS) is 19.1. The molecule has 1 atom stereocenters. The molecule has 20 heavy (non-hydrogen) atoms. The van der Waals surface area contributed by atoms with Crippen molar-refractivity contribution in [3.63, 3.8) is 0 Å². The summed E-state index contributed by atoms with van der Waals surface area (Å²) in [5.41, 5.74) is -0.0118. The first kappa shape index (κ1) is 12.8. The molecule has 0 amide bonds. The van der Waals surface area contributed by atoms with Gasteiger partial charge in [0, 0.05) is 12.2 Å². The Hall–Kier alpha value is -2.21. The Labute approximate surface area is 113 Å². The molecule has 0 radical (unpaired) electrons. The summed E-state index contributed by atoms with van der Waals surface area (Å²) in [5, 5.41) is 0. The lowest BCUT2D eigenvalue weighted by molar-refractivity contribution is 0.0186. The lowest BCUT2D eigenvalue weighted by Gasteiger charge is -2.21. The van der Waals surface area contributed by atoms with E-state index >= 15 is 0 Å². The highest BCUT2D eigenvalue weighted by Crippen LogP contribution is 2.19. The van der Waals surface area contributed by atoms with Gasteiger partial charge in [-0.05, 0) is 37.5 Å². The first-order chi connectivity index (χ1) is 9.65. The van der Waals surface area contributed by atoms with E-state index in [1.165, 1.54) is 0 Å². The maximum atomic E-state index is 12.3. The van der Waals surface area contributed by atoms with Gasteiger partial charge in [-0.15, -0.1) is 0 Å². The molecular weight excluding hydrogens is 260 g/mol. The number of rotatable bonds is 2. The van der Waals surface area contributed by atoms with Crippen molar-refractivity contribution in [2.45, 2.75) is 25.4 Å². The summed E-state index contributed by atoms with van der Waals surface area (Å²) >= 11 is 0. The number of carbonyl (C=O) groups is 1. The van der Waals surface area contributed by atoms with Crippen LogP contribution >= 0.6 is 0 Å². The van der Waals surface area contributed by atoms with Crippen molar-refractivity contribution in [2.75, 3.05) is 6.61 Å². The molecule has 1 fully saturated rings. The predicted molar refractivity (Wildman–Crippen MR) is 73.1 cm³/mol. The van der Waals surface area contributed by atoms with Crippen LogP contribution in [0.15, 0.2) is 27.8 Å². The lowest BCUT2D eigenvalue weighted by atomic mass is 9.99. The van der Waals surface area contributed by atoms with Crippen LogP contribution in [-0.4, -0.2) is 28.5 Å². The van der Waals surface area contributed by atoms with Gasteiger partial charge in [-0.2, -0.15) is 0 Å². The Morgan fingerprint density at radius 2 is 1.85 bits per heavy atom. The van der Waals surface area contributed by atoms with E-state index in [4.69, 9.17) is 4.74 Å². The monoisotopic (exact) mass is 274 g/mol. The number of ketones is 1. The molecule has 1 saturated heterocycles. The number of nitrogens with one attached hydrogen (secondary N) is 2. The summed E-state index contributed by atoms with van der Waals surface area (Å²) in [6.45, 7) is 0.605. The van der Waals surface area contributed by atoms with Crippen LogP contribution in [0.4, 0.5) is 0 Å². The van der Waals surface area contributed by atoms with E-state index in [0.717, 1.165) is 19.3 Å². The molecule has 0 saturated carbocycles. The van der Waals surface area contributed by atoms with Gasteiger partial charge in [0.2, 0.25) is 0 Å². The molecule has 1 aliphatic rings. The fraction of sp³-hybridized carbons (Fsp3) is 0.357. The fourth-order valence-electron chi connectivity index (χ4n) is 2.40. The largest absolute Gasteiger partial charge is 0.370 e. The first-order valence-corrected chi connectivity index (χ1v) is 6.57. The van der Waals surface area contributed by atoms with Crippen LogP contribution in [0.5, 0.6) is 0 Å². The van der Waals surface area contributed by atoms with Crippen LogP contribution in [0.3, 0.4) is 0 Å². The van der Waals surface area contributed by atoms with Gasteiger partial charge >= 0.3 is 11.1 Å². The number of aromatic nitrogens is 2. The quantitative estimate of drug-likeness (QED) is 0.630. The topological polar surface area (TPSA) is 92.0 Å². The second-order valence-electron chi connectivity index (χ2n) is 4.89. The van der Waals surface area contributed by atoms with Crippen molar-refractivity contribution in [1.29, 1.82) is 0 Å². The highest BCUT2D eigenvalue weighted by atomic mass is 16.5. The van der Waals surface area contributed by atoms with Crippen molar-refractivity contribution in [3.05, 3.63) is 44.5 Å². The van der Waals surface area contributed by atoms with Gasteiger partial charge < -0.3 is 14.7 Å². The van der Waals surface area contributed by atoms with Gasteiger partial charge in [-0.25, -0.2) is 0 Å². The summed E-state index contributed by atoms with van der Waals surface area (Å²) in [4.78, 5) is 39.8. The van der Waals surface area contributed by atoms with Crippen LogP contribution in [0, 0.1) is 0 Å².